The van der Waals surface area contributed by atoms with E-state index < -0.39 is 11.9 Å². The van der Waals surface area contributed by atoms with E-state index in [1.54, 1.807) is 0 Å². The van der Waals surface area contributed by atoms with Crippen LogP contribution in [0.25, 0.3) is 10.4 Å². The average molecular weight is 329 g/mol. The van der Waals surface area contributed by atoms with Gasteiger partial charge in [0, 0.05) is 4.88 Å². The predicted octanol–water partition coefficient (Wildman–Crippen LogP) is 3.36. The van der Waals surface area contributed by atoms with Crippen molar-refractivity contribution in [2.45, 2.75) is 32.6 Å². The second-order valence-electron chi connectivity index (χ2n) is 6.00. The maximum atomic E-state index is 11.9. The zero-order valence-corrected chi connectivity index (χ0v) is 13.9. The lowest BCUT2D eigenvalue weighted by Gasteiger charge is -2.13. The average Bonchev–Trinajstić information content (AvgIpc) is 2.76. The van der Waals surface area contributed by atoms with Crippen LogP contribution in [0.3, 0.4) is 0 Å². The maximum absolute atomic E-state index is 11.9. The van der Waals surface area contributed by atoms with Gasteiger partial charge < -0.3 is 11.5 Å². The third-order valence-corrected chi connectivity index (χ3v) is 5.48. The SMILES string of the molecule is Cc1ccc2c(c1)-c1sc(NC(N)=O)c(C(N)=O)c1CCC2C. The number of anilines is 1. The summed E-state index contributed by atoms with van der Waals surface area (Å²) in [7, 11) is 0. The van der Waals surface area contributed by atoms with Crippen LogP contribution in [0.5, 0.6) is 0 Å². The molecule has 0 bridgehead atoms. The molecule has 1 aliphatic carbocycles. The van der Waals surface area contributed by atoms with Gasteiger partial charge in [-0.2, -0.15) is 0 Å². The Bertz CT molecular complexity index is 810. The summed E-state index contributed by atoms with van der Waals surface area (Å²) in [5.74, 6) is -0.131. The van der Waals surface area contributed by atoms with E-state index >= 15 is 0 Å². The minimum absolute atomic E-state index is 0.394. The Morgan fingerprint density at radius 3 is 2.70 bits per heavy atom. The first-order valence-electron chi connectivity index (χ1n) is 7.51. The van der Waals surface area contributed by atoms with Crippen LogP contribution in [0.1, 0.15) is 46.3 Å². The minimum Gasteiger partial charge on any atom is -0.365 e. The summed E-state index contributed by atoms with van der Waals surface area (Å²) in [6.45, 7) is 4.23. The molecule has 3 amide bonds. The third-order valence-electron chi connectivity index (χ3n) is 4.30. The van der Waals surface area contributed by atoms with E-state index in [1.165, 1.54) is 16.9 Å². The normalized spacial score (nSPS) is 16.2. The topological polar surface area (TPSA) is 98.2 Å². The number of carbonyl (C=O) groups excluding carboxylic acids is 2. The van der Waals surface area contributed by atoms with Gasteiger partial charge in [0.2, 0.25) is 0 Å². The molecule has 1 aliphatic rings. The first kappa shape index (κ1) is 15.6. The maximum Gasteiger partial charge on any atom is 0.317 e. The Morgan fingerprint density at radius 2 is 2.04 bits per heavy atom. The smallest absolute Gasteiger partial charge is 0.317 e. The number of benzene rings is 1. The molecular weight excluding hydrogens is 310 g/mol. The lowest BCUT2D eigenvalue weighted by molar-refractivity contribution is 0.100. The Morgan fingerprint density at radius 1 is 1.30 bits per heavy atom. The van der Waals surface area contributed by atoms with E-state index in [0.29, 0.717) is 16.5 Å². The highest BCUT2D eigenvalue weighted by molar-refractivity contribution is 7.20. The number of nitrogens with one attached hydrogen (secondary N) is 1. The molecule has 5 nitrogen and oxygen atoms in total. The van der Waals surface area contributed by atoms with Crippen LogP contribution in [0.4, 0.5) is 9.80 Å². The number of hydrogen-bond donors (Lipinski definition) is 3. The summed E-state index contributed by atoms with van der Waals surface area (Å²) in [5.41, 5.74) is 15.6. The van der Waals surface area contributed by atoms with Crippen LogP contribution in [-0.4, -0.2) is 11.9 Å². The molecule has 3 rings (SSSR count). The largest absolute Gasteiger partial charge is 0.365 e. The monoisotopic (exact) mass is 329 g/mol. The molecule has 120 valence electrons. The quantitative estimate of drug-likeness (QED) is 0.787. The predicted molar refractivity (Wildman–Crippen MR) is 93.0 cm³/mol. The Kier molecular flexibility index (Phi) is 3.85. The lowest BCUT2D eigenvalue weighted by atomic mass is 9.93. The number of fused-ring (bicyclic) bond motifs is 3. The summed E-state index contributed by atoms with van der Waals surface area (Å²) in [4.78, 5) is 24.2. The summed E-state index contributed by atoms with van der Waals surface area (Å²) < 4.78 is 0. The van der Waals surface area contributed by atoms with Gasteiger partial charge in [0.1, 0.15) is 5.00 Å². The number of hydrogen-bond acceptors (Lipinski definition) is 3. The number of primary amides is 2. The molecular formula is C17H19N3O2S. The fourth-order valence-electron chi connectivity index (χ4n) is 3.19. The lowest BCUT2D eigenvalue weighted by Crippen LogP contribution is -2.22. The highest BCUT2D eigenvalue weighted by Gasteiger charge is 2.28. The number of nitrogens with two attached hydrogens (primary N) is 2. The zero-order valence-electron chi connectivity index (χ0n) is 13.1. The molecule has 0 fully saturated rings. The van der Waals surface area contributed by atoms with Gasteiger partial charge in [-0.05, 0) is 42.4 Å². The third kappa shape index (κ3) is 2.70. The van der Waals surface area contributed by atoms with E-state index in [1.807, 2.05) is 6.92 Å². The molecule has 1 unspecified atom stereocenters. The standard InChI is InChI=1S/C17H19N3O2S/c1-8-3-5-10-9(2)4-6-11-13(15(18)21)16(20-17(19)22)23-14(11)12(10)7-8/h3,5,7,9H,4,6H2,1-2H3,(H2,18,21)(H3,19,20,22). The van der Waals surface area contributed by atoms with Crippen LogP contribution in [0.2, 0.25) is 0 Å². The molecule has 5 N–H and O–H groups in total. The van der Waals surface area contributed by atoms with Crippen LogP contribution < -0.4 is 16.8 Å². The number of thiophene rings is 1. The van der Waals surface area contributed by atoms with Crippen LogP contribution in [0, 0.1) is 6.92 Å². The fourth-order valence-corrected chi connectivity index (χ4v) is 4.49. The number of amides is 3. The molecule has 6 heteroatoms. The van der Waals surface area contributed by atoms with Crippen LogP contribution in [-0.2, 0) is 6.42 Å². The molecule has 1 aromatic heterocycles. The first-order chi connectivity index (χ1) is 10.9. The van der Waals surface area contributed by atoms with Crippen molar-refractivity contribution >= 4 is 28.3 Å². The highest BCUT2D eigenvalue weighted by atomic mass is 32.1. The van der Waals surface area contributed by atoms with Crippen LogP contribution in [0.15, 0.2) is 18.2 Å². The molecule has 23 heavy (non-hydrogen) atoms. The first-order valence-corrected chi connectivity index (χ1v) is 8.33. The summed E-state index contributed by atoms with van der Waals surface area (Å²) in [5, 5.41) is 2.99. The minimum atomic E-state index is -0.693. The van der Waals surface area contributed by atoms with E-state index in [-0.39, 0.29) is 0 Å². The summed E-state index contributed by atoms with van der Waals surface area (Å²) >= 11 is 1.37. The van der Waals surface area contributed by atoms with E-state index in [2.05, 4.69) is 30.4 Å². The van der Waals surface area contributed by atoms with Crippen molar-refractivity contribution < 1.29 is 9.59 Å². The van der Waals surface area contributed by atoms with Crippen molar-refractivity contribution in [3.05, 3.63) is 40.5 Å². The summed E-state index contributed by atoms with van der Waals surface area (Å²) in [6, 6.07) is 5.69. The number of aryl methyl sites for hydroxylation is 1. The zero-order chi connectivity index (χ0) is 16.7. The van der Waals surface area contributed by atoms with Gasteiger partial charge in [-0.1, -0.05) is 30.7 Å². The molecule has 0 saturated heterocycles. The van der Waals surface area contributed by atoms with Crippen molar-refractivity contribution in [2.24, 2.45) is 11.5 Å². The van der Waals surface area contributed by atoms with E-state index in [0.717, 1.165) is 34.4 Å². The Balaban J connectivity index is 2.28. The second-order valence-corrected chi connectivity index (χ2v) is 7.02. The van der Waals surface area contributed by atoms with Crippen molar-refractivity contribution in [1.82, 2.24) is 0 Å². The molecule has 0 radical (unpaired) electrons. The molecule has 2 aromatic rings. The number of carbonyl (C=O) groups is 2. The van der Waals surface area contributed by atoms with Crippen LogP contribution >= 0.6 is 11.3 Å². The van der Waals surface area contributed by atoms with Crippen molar-refractivity contribution in [1.29, 1.82) is 0 Å². The van der Waals surface area contributed by atoms with Gasteiger partial charge in [0.15, 0.2) is 0 Å². The Labute approximate surface area is 138 Å². The molecule has 0 spiro atoms. The Hall–Kier alpha value is -2.34. The van der Waals surface area contributed by atoms with Gasteiger partial charge >= 0.3 is 6.03 Å². The van der Waals surface area contributed by atoms with Crippen molar-refractivity contribution in [3.8, 4) is 10.4 Å². The fraction of sp³-hybridized carbons (Fsp3) is 0.294. The van der Waals surface area contributed by atoms with Gasteiger partial charge in [0.25, 0.3) is 5.91 Å². The number of rotatable bonds is 2. The van der Waals surface area contributed by atoms with Gasteiger partial charge in [-0.3, -0.25) is 10.1 Å². The van der Waals surface area contributed by atoms with E-state index in [4.69, 9.17) is 11.5 Å². The van der Waals surface area contributed by atoms with Gasteiger partial charge in [-0.15, -0.1) is 11.3 Å². The van der Waals surface area contributed by atoms with E-state index in [9.17, 15) is 9.59 Å². The molecule has 1 aromatic carbocycles. The van der Waals surface area contributed by atoms with Gasteiger partial charge in [-0.25, -0.2) is 4.79 Å². The van der Waals surface area contributed by atoms with Gasteiger partial charge in [0.05, 0.1) is 5.56 Å². The number of urea groups is 1. The molecule has 1 heterocycles. The molecule has 0 aliphatic heterocycles. The summed E-state index contributed by atoms with van der Waals surface area (Å²) in [6.07, 6.45) is 1.68. The highest BCUT2D eigenvalue weighted by Crippen LogP contribution is 2.46. The molecule has 0 saturated carbocycles. The van der Waals surface area contributed by atoms with Crippen molar-refractivity contribution in [3.63, 3.8) is 0 Å². The molecule has 1 atom stereocenters. The van der Waals surface area contributed by atoms with Crippen molar-refractivity contribution in [2.75, 3.05) is 5.32 Å². The second kappa shape index (κ2) is 5.70.